The van der Waals surface area contributed by atoms with Crippen LogP contribution in [0.1, 0.15) is 80.3 Å². The first kappa shape index (κ1) is 43.6. The summed E-state index contributed by atoms with van der Waals surface area (Å²) in [6, 6.07) is 4.81. The van der Waals surface area contributed by atoms with Crippen LogP contribution in [0, 0.1) is 23.7 Å². The number of rotatable bonds is 10. The minimum absolute atomic E-state index is 0.0688. The second-order valence-electron chi connectivity index (χ2n) is 15.3. The lowest BCUT2D eigenvalue weighted by atomic mass is 9.74. The summed E-state index contributed by atoms with van der Waals surface area (Å²) < 4.78 is 31.2. The number of esters is 2. The Morgan fingerprint density at radius 2 is 1.81 bits per heavy atom. The van der Waals surface area contributed by atoms with Crippen LogP contribution in [0.25, 0.3) is 0 Å². The molecule has 0 amide bonds. The summed E-state index contributed by atoms with van der Waals surface area (Å²) >= 11 is 0. The van der Waals surface area contributed by atoms with E-state index in [-0.39, 0.29) is 37.2 Å². The Bertz CT molecular complexity index is 1340. The number of ether oxygens (including phenoxy) is 5. The quantitative estimate of drug-likeness (QED) is 0.236. The fourth-order valence-corrected chi connectivity index (χ4v) is 7.89. The summed E-state index contributed by atoms with van der Waals surface area (Å²) in [6.07, 6.45) is -3.76. The minimum Gasteiger partial charge on any atom is -0.461 e. The summed E-state index contributed by atoms with van der Waals surface area (Å²) in [5, 5.41) is 34.6. The number of methoxy groups -OCH3 is 1. The molecule has 1 aromatic heterocycles. The lowest BCUT2D eigenvalue weighted by Crippen LogP contribution is -2.61. The number of ketones is 1. The molecule has 3 N–H and O–H groups in total. The zero-order chi connectivity index (χ0) is 39.1. The van der Waals surface area contributed by atoms with Gasteiger partial charge >= 0.3 is 11.9 Å². The van der Waals surface area contributed by atoms with Crippen molar-refractivity contribution < 1.29 is 53.4 Å². The number of nitrogens with zero attached hydrogens (tertiary/aromatic N) is 2. The van der Waals surface area contributed by atoms with Crippen molar-refractivity contribution >= 4 is 17.7 Å². The number of aliphatic hydroxyl groups is 3. The van der Waals surface area contributed by atoms with E-state index in [1.54, 1.807) is 65.1 Å². The molecule has 2 saturated heterocycles. The molecule has 2 fully saturated rings. The molecule has 0 aliphatic carbocycles. The van der Waals surface area contributed by atoms with Gasteiger partial charge in [0, 0.05) is 43.6 Å². The van der Waals surface area contributed by atoms with Crippen LogP contribution in [0.15, 0.2) is 37.1 Å². The zero-order valence-electron chi connectivity index (χ0n) is 32.6. The maximum absolute atomic E-state index is 14.0. The molecule has 0 aromatic carbocycles. The van der Waals surface area contributed by atoms with Crippen molar-refractivity contribution in [2.75, 3.05) is 20.7 Å². The van der Waals surface area contributed by atoms with Crippen molar-refractivity contribution in [3.8, 4) is 0 Å². The maximum atomic E-state index is 14.0. The van der Waals surface area contributed by atoms with E-state index in [0.29, 0.717) is 18.7 Å². The molecule has 52 heavy (non-hydrogen) atoms. The van der Waals surface area contributed by atoms with E-state index in [1.807, 2.05) is 18.9 Å². The largest absolute Gasteiger partial charge is 0.461 e. The molecule has 14 atom stereocenters. The van der Waals surface area contributed by atoms with E-state index in [4.69, 9.17) is 23.7 Å². The fourth-order valence-electron chi connectivity index (χ4n) is 7.89. The number of hydrogen-bond donors (Lipinski definition) is 3. The Kier molecular flexibility index (Phi) is 15.5. The van der Waals surface area contributed by atoms with E-state index in [1.165, 1.54) is 21.0 Å². The minimum atomic E-state index is -1.99. The number of hydrogen-bond acceptors (Lipinski definition) is 13. The number of Topliss-reactive ketones (excluding diaryl/α,β-unsaturated/α-hetero) is 1. The van der Waals surface area contributed by atoms with Gasteiger partial charge in [-0.05, 0) is 66.1 Å². The Hall–Kier alpha value is -2.78. The molecule has 294 valence electrons. The predicted molar refractivity (Wildman–Crippen MR) is 193 cm³/mol. The molecule has 2 aliphatic heterocycles. The summed E-state index contributed by atoms with van der Waals surface area (Å²) in [7, 11) is 3.35. The van der Waals surface area contributed by atoms with Crippen molar-refractivity contribution in [1.29, 1.82) is 0 Å². The Morgan fingerprint density at radius 1 is 1.13 bits per heavy atom. The van der Waals surface area contributed by atoms with E-state index >= 15 is 0 Å². The summed E-state index contributed by atoms with van der Waals surface area (Å²) in [6.45, 7) is 17.6. The lowest BCUT2D eigenvalue weighted by molar-refractivity contribution is -0.302. The van der Waals surface area contributed by atoms with Crippen LogP contribution < -0.4 is 0 Å². The number of aromatic nitrogens is 1. The number of cyclic esters (lactones) is 1. The third-order valence-electron chi connectivity index (χ3n) is 11.1. The fraction of sp³-hybridized carbons (Fsp3) is 0.744. The molecule has 0 unspecified atom stereocenters. The smallest absolute Gasteiger partial charge is 0.312 e. The van der Waals surface area contributed by atoms with Gasteiger partial charge in [0.2, 0.25) is 0 Å². The molecule has 3 heterocycles. The third kappa shape index (κ3) is 10.0. The van der Waals surface area contributed by atoms with Crippen molar-refractivity contribution in [3.05, 3.63) is 42.7 Å². The normalized spacial score (nSPS) is 39.7. The first-order chi connectivity index (χ1) is 24.3. The Morgan fingerprint density at radius 3 is 2.38 bits per heavy atom. The SMILES string of the molecule is C=CCN(C)[C@H]1C[C@@H](C)O[C@@H](O[C@@H]2[C@@H](C)[C@H](OC(=O)Cc3ccccn3)[C@@H](C)C(=O)O[C@H](CC)[C@@](C)(O)[C@H](O)[C@@H](C)C(=O)[C@H](C)C[C@@]2(C)OC)[C@@H]1O. The average Bonchev–Trinajstić information content (AvgIpc) is 3.11. The number of carbonyl (C=O) groups excluding carboxylic acids is 3. The second kappa shape index (κ2) is 18.5. The molecule has 13 heteroatoms. The van der Waals surface area contributed by atoms with Crippen LogP contribution in [-0.4, -0.2) is 124 Å². The topological polar surface area (TPSA) is 174 Å². The summed E-state index contributed by atoms with van der Waals surface area (Å²) in [4.78, 5) is 47.7. The van der Waals surface area contributed by atoms with Crippen molar-refractivity contribution in [3.63, 3.8) is 0 Å². The van der Waals surface area contributed by atoms with Gasteiger partial charge in [0.05, 0.1) is 41.9 Å². The molecule has 13 nitrogen and oxygen atoms in total. The van der Waals surface area contributed by atoms with E-state index in [2.05, 4.69) is 11.6 Å². The summed E-state index contributed by atoms with van der Waals surface area (Å²) in [5.41, 5.74) is -2.83. The third-order valence-corrected chi connectivity index (χ3v) is 11.1. The first-order valence-electron chi connectivity index (χ1n) is 18.4. The first-order valence-corrected chi connectivity index (χ1v) is 18.4. The zero-order valence-corrected chi connectivity index (χ0v) is 32.6. The molecular formula is C39H62N2O11. The highest BCUT2D eigenvalue weighted by Gasteiger charge is 2.53. The number of likely N-dealkylation sites (N-methyl/N-ethyl adjacent to an activating group) is 1. The van der Waals surface area contributed by atoms with Gasteiger partial charge in [-0.3, -0.25) is 24.3 Å². The number of carbonyl (C=O) groups is 3. The van der Waals surface area contributed by atoms with Gasteiger partial charge in [-0.15, -0.1) is 6.58 Å². The number of aliphatic hydroxyl groups excluding tert-OH is 2. The van der Waals surface area contributed by atoms with Gasteiger partial charge in [-0.25, -0.2) is 0 Å². The molecular weight excluding hydrogens is 672 g/mol. The van der Waals surface area contributed by atoms with Crippen LogP contribution >= 0.6 is 0 Å². The van der Waals surface area contributed by atoms with E-state index in [9.17, 15) is 29.7 Å². The number of pyridine rings is 1. The van der Waals surface area contributed by atoms with Crippen LogP contribution in [0.3, 0.4) is 0 Å². The van der Waals surface area contributed by atoms with Crippen LogP contribution in [0.4, 0.5) is 0 Å². The van der Waals surface area contributed by atoms with E-state index in [0.717, 1.165) is 0 Å². The molecule has 1 aromatic rings. The van der Waals surface area contributed by atoms with Gasteiger partial charge < -0.3 is 39.0 Å². The van der Waals surface area contributed by atoms with Gasteiger partial charge in [0.15, 0.2) is 6.29 Å². The van der Waals surface area contributed by atoms with Crippen molar-refractivity contribution in [2.24, 2.45) is 23.7 Å². The molecule has 0 saturated carbocycles. The Balaban J connectivity index is 2.18. The van der Waals surface area contributed by atoms with Gasteiger partial charge in [-0.1, -0.05) is 39.8 Å². The highest BCUT2D eigenvalue weighted by molar-refractivity contribution is 5.83. The average molecular weight is 735 g/mol. The highest BCUT2D eigenvalue weighted by Crippen LogP contribution is 2.40. The monoisotopic (exact) mass is 734 g/mol. The van der Waals surface area contributed by atoms with Crippen molar-refractivity contribution in [1.82, 2.24) is 9.88 Å². The van der Waals surface area contributed by atoms with Gasteiger partial charge in [0.1, 0.15) is 29.7 Å². The lowest BCUT2D eigenvalue weighted by Gasteiger charge is -2.48. The predicted octanol–water partition coefficient (Wildman–Crippen LogP) is 3.26. The standard InChI is InChI=1S/C39H62N2O11/c1-12-18-41(10)28-19-23(4)49-37(32(28)44)52-35-25(6)33(51-30(42)20-27-16-14-15-17-40-27)26(7)36(46)50-29(13-2)39(9,47)34(45)24(5)31(43)22(3)21-38(35,8)48-11/h12,14-17,22-26,28-29,32-35,37,44-45,47H,1,13,18-21H2,2-11H3/t22-,23-,24+,25+,26-,28+,29-,32-,33+,34-,35-,37+,38-,39-/m1/s1. The highest BCUT2D eigenvalue weighted by atomic mass is 16.7. The Labute approximate surface area is 309 Å². The van der Waals surface area contributed by atoms with Crippen LogP contribution in [0.2, 0.25) is 0 Å². The van der Waals surface area contributed by atoms with Crippen LogP contribution in [0.5, 0.6) is 0 Å². The van der Waals surface area contributed by atoms with Gasteiger partial charge in [-0.2, -0.15) is 0 Å². The van der Waals surface area contributed by atoms with Gasteiger partial charge in [0.25, 0.3) is 0 Å². The second-order valence-corrected chi connectivity index (χ2v) is 15.3. The molecule has 0 bridgehead atoms. The van der Waals surface area contributed by atoms with Crippen LogP contribution in [-0.2, 0) is 44.5 Å². The molecule has 3 rings (SSSR count). The molecule has 2 aliphatic rings. The maximum Gasteiger partial charge on any atom is 0.312 e. The van der Waals surface area contributed by atoms with E-state index < -0.39 is 83.6 Å². The molecule has 0 radical (unpaired) electrons. The molecule has 0 spiro atoms. The van der Waals surface area contributed by atoms with Crippen molar-refractivity contribution in [2.45, 2.75) is 141 Å². The summed E-state index contributed by atoms with van der Waals surface area (Å²) in [5.74, 6) is -5.50.